The third kappa shape index (κ3) is 5.70. The molecule has 0 fully saturated rings. The number of aryl methyl sites for hydroxylation is 1. The van der Waals surface area contributed by atoms with E-state index in [1.54, 1.807) is 13.0 Å². The van der Waals surface area contributed by atoms with E-state index in [0.717, 1.165) is 0 Å². The van der Waals surface area contributed by atoms with E-state index in [9.17, 15) is 14.3 Å². The molecule has 5 heteroatoms. The van der Waals surface area contributed by atoms with E-state index in [2.05, 4.69) is 10.6 Å². The van der Waals surface area contributed by atoms with Crippen molar-refractivity contribution < 1.29 is 14.3 Å². The van der Waals surface area contributed by atoms with Gasteiger partial charge in [0.2, 0.25) is 0 Å². The van der Waals surface area contributed by atoms with E-state index in [1.165, 1.54) is 12.1 Å². The summed E-state index contributed by atoms with van der Waals surface area (Å²) in [6.45, 7) is 5.84. The Balaban J connectivity index is 2.40. The minimum atomic E-state index is -0.555. The Kier molecular flexibility index (Phi) is 5.76. The molecule has 4 nitrogen and oxygen atoms in total. The van der Waals surface area contributed by atoms with E-state index in [4.69, 9.17) is 0 Å². The summed E-state index contributed by atoms with van der Waals surface area (Å²) < 4.78 is 13.1. The highest BCUT2D eigenvalue weighted by Crippen LogP contribution is 2.13. The molecule has 0 radical (unpaired) electrons. The quantitative estimate of drug-likeness (QED) is 0.769. The molecular weight excluding hydrogens is 247 g/mol. The maximum atomic E-state index is 13.1. The van der Waals surface area contributed by atoms with Crippen LogP contribution < -0.4 is 10.6 Å². The lowest BCUT2D eigenvalue weighted by atomic mass is 10.1. The average Bonchev–Trinajstić information content (AvgIpc) is 2.30. The summed E-state index contributed by atoms with van der Waals surface area (Å²) in [5, 5.41) is 14.8. The van der Waals surface area contributed by atoms with Gasteiger partial charge in [-0.2, -0.15) is 0 Å². The molecule has 0 spiro atoms. The number of rotatable bonds is 5. The number of carbonyl (C=O) groups is 1. The van der Waals surface area contributed by atoms with Gasteiger partial charge in [-0.3, -0.25) is 0 Å². The van der Waals surface area contributed by atoms with Crippen molar-refractivity contribution in [3.8, 4) is 0 Å². The SMILES string of the molecule is Cc1cc(NC(=O)NCC(O)CC(C)C)ccc1F. The number of anilines is 1. The number of aliphatic hydroxyl groups is 1. The summed E-state index contributed by atoms with van der Waals surface area (Å²) in [5.74, 6) is 0.0675. The zero-order chi connectivity index (χ0) is 14.4. The molecule has 19 heavy (non-hydrogen) atoms. The first-order chi connectivity index (χ1) is 8.88. The van der Waals surface area contributed by atoms with Gasteiger partial charge in [0.05, 0.1) is 6.10 Å². The Morgan fingerprint density at radius 2 is 2.11 bits per heavy atom. The number of urea groups is 1. The second kappa shape index (κ2) is 7.09. The first-order valence-corrected chi connectivity index (χ1v) is 6.37. The van der Waals surface area contributed by atoms with Gasteiger partial charge >= 0.3 is 6.03 Å². The van der Waals surface area contributed by atoms with Crippen LogP contribution in [0.5, 0.6) is 0 Å². The number of halogens is 1. The van der Waals surface area contributed by atoms with Gasteiger partial charge in [-0.05, 0) is 43.0 Å². The summed E-state index contributed by atoms with van der Waals surface area (Å²) in [4.78, 5) is 11.6. The van der Waals surface area contributed by atoms with Crippen LogP contribution >= 0.6 is 0 Å². The van der Waals surface area contributed by atoms with Crippen LogP contribution in [0.1, 0.15) is 25.8 Å². The molecule has 3 N–H and O–H groups in total. The zero-order valence-electron chi connectivity index (χ0n) is 11.5. The number of carbonyl (C=O) groups excluding carboxylic acids is 1. The summed E-state index contributed by atoms with van der Waals surface area (Å²) in [5.41, 5.74) is 0.993. The van der Waals surface area contributed by atoms with Crippen molar-refractivity contribution >= 4 is 11.7 Å². The molecule has 0 aliphatic carbocycles. The second-order valence-corrected chi connectivity index (χ2v) is 5.08. The van der Waals surface area contributed by atoms with Crippen molar-refractivity contribution in [2.45, 2.75) is 33.3 Å². The van der Waals surface area contributed by atoms with Crippen LogP contribution in [0.2, 0.25) is 0 Å². The van der Waals surface area contributed by atoms with E-state index in [0.29, 0.717) is 23.6 Å². The van der Waals surface area contributed by atoms with Gasteiger partial charge < -0.3 is 15.7 Å². The standard InChI is InChI=1S/C14H21FN2O2/c1-9(2)6-12(18)8-16-14(19)17-11-4-5-13(15)10(3)7-11/h4-5,7,9,12,18H,6,8H2,1-3H3,(H2,16,17,19). The third-order valence-electron chi connectivity index (χ3n) is 2.66. The van der Waals surface area contributed by atoms with Crippen molar-refractivity contribution in [3.05, 3.63) is 29.6 Å². The summed E-state index contributed by atoms with van der Waals surface area (Å²) in [6.07, 6.45) is 0.0800. The van der Waals surface area contributed by atoms with Crippen LogP contribution in [0.15, 0.2) is 18.2 Å². The highest BCUT2D eigenvalue weighted by atomic mass is 19.1. The monoisotopic (exact) mass is 268 g/mol. The summed E-state index contributed by atoms with van der Waals surface area (Å²) in [7, 11) is 0. The van der Waals surface area contributed by atoms with Gasteiger partial charge in [-0.25, -0.2) is 9.18 Å². The molecule has 1 aromatic carbocycles. The smallest absolute Gasteiger partial charge is 0.319 e. The predicted octanol–water partition coefficient (Wildman–Crippen LogP) is 2.66. The van der Waals surface area contributed by atoms with Gasteiger partial charge in [0, 0.05) is 12.2 Å². The Morgan fingerprint density at radius 1 is 1.42 bits per heavy atom. The molecule has 0 aromatic heterocycles. The fraction of sp³-hybridized carbons (Fsp3) is 0.500. The van der Waals surface area contributed by atoms with Gasteiger partial charge in [0.15, 0.2) is 0 Å². The van der Waals surface area contributed by atoms with E-state index in [1.807, 2.05) is 13.8 Å². The predicted molar refractivity (Wildman–Crippen MR) is 73.6 cm³/mol. The third-order valence-corrected chi connectivity index (χ3v) is 2.66. The fourth-order valence-electron chi connectivity index (χ4n) is 1.74. The number of hydrogen-bond acceptors (Lipinski definition) is 2. The average molecular weight is 268 g/mol. The number of nitrogens with one attached hydrogen (secondary N) is 2. The molecule has 1 atom stereocenters. The molecule has 0 saturated heterocycles. The lowest BCUT2D eigenvalue weighted by Gasteiger charge is -2.14. The maximum absolute atomic E-state index is 13.1. The van der Waals surface area contributed by atoms with Gasteiger partial charge in [0.25, 0.3) is 0 Å². The zero-order valence-corrected chi connectivity index (χ0v) is 11.5. The molecule has 1 aromatic rings. The van der Waals surface area contributed by atoms with Crippen molar-refractivity contribution in [1.82, 2.24) is 5.32 Å². The number of aliphatic hydroxyl groups excluding tert-OH is 1. The van der Waals surface area contributed by atoms with Crippen LogP contribution in [0.4, 0.5) is 14.9 Å². The highest BCUT2D eigenvalue weighted by Gasteiger charge is 2.09. The Bertz CT molecular complexity index is 435. The van der Waals surface area contributed by atoms with Gasteiger partial charge in [-0.15, -0.1) is 0 Å². The Hall–Kier alpha value is -1.62. The lowest BCUT2D eigenvalue weighted by molar-refractivity contribution is 0.148. The minimum Gasteiger partial charge on any atom is -0.391 e. The molecule has 0 heterocycles. The van der Waals surface area contributed by atoms with Crippen LogP contribution in [-0.2, 0) is 0 Å². The molecule has 0 saturated carbocycles. The molecule has 0 aliphatic rings. The molecular formula is C14H21FN2O2. The van der Waals surface area contributed by atoms with Gasteiger partial charge in [0.1, 0.15) is 5.82 Å². The van der Waals surface area contributed by atoms with Crippen LogP contribution in [0.3, 0.4) is 0 Å². The first kappa shape index (κ1) is 15.4. The molecule has 106 valence electrons. The molecule has 1 rings (SSSR count). The second-order valence-electron chi connectivity index (χ2n) is 5.08. The molecule has 2 amide bonds. The lowest BCUT2D eigenvalue weighted by Crippen LogP contribution is -2.35. The summed E-state index contributed by atoms with van der Waals surface area (Å²) in [6, 6.07) is 3.94. The van der Waals surface area contributed by atoms with E-state index in [-0.39, 0.29) is 12.4 Å². The van der Waals surface area contributed by atoms with Crippen molar-refractivity contribution in [2.75, 3.05) is 11.9 Å². The molecule has 0 bridgehead atoms. The highest BCUT2D eigenvalue weighted by molar-refractivity contribution is 5.89. The molecule has 0 aliphatic heterocycles. The van der Waals surface area contributed by atoms with Crippen molar-refractivity contribution in [3.63, 3.8) is 0 Å². The first-order valence-electron chi connectivity index (χ1n) is 6.37. The fourth-order valence-corrected chi connectivity index (χ4v) is 1.74. The number of benzene rings is 1. The minimum absolute atomic E-state index is 0.199. The van der Waals surface area contributed by atoms with Crippen molar-refractivity contribution in [1.29, 1.82) is 0 Å². The normalized spacial score (nSPS) is 12.3. The maximum Gasteiger partial charge on any atom is 0.319 e. The number of amides is 2. The van der Waals surface area contributed by atoms with E-state index >= 15 is 0 Å². The topological polar surface area (TPSA) is 61.4 Å². The largest absolute Gasteiger partial charge is 0.391 e. The van der Waals surface area contributed by atoms with Gasteiger partial charge in [-0.1, -0.05) is 13.8 Å². The van der Waals surface area contributed by atoms with E-state index < -0.39 is 12.1 Å². The Labute approximate surface area is 113 Å². The summed E-state index contributed by atoms with van der Waals surface area (Å²) >= 11 is 0. The number of hydrogen-bond donors (Lipinski definition) is 3. The Morgan fingerprint density at radius 3 is 2.68 bits per heavy atom. The van der Waals surface area contributed by atoms with Crippen molar-refractivity contribution in [2.24, 2.45) is 5.92 Å². The van der Waals surface area contributed by atoms with Crippen LogP contribution in [0, 0.1) is 18.7 Å². The van der Waals surface area contributed by atoms with Crippen LogP contribution in [-0.4, -0.2) is 23.8 Å². The molecule has 1 unspecified atom stereocenters. The van der Waals surface area contributed by atoms with Crippen LogP contribution in [0.25, 0.3) is 0 Å².